The third kappa shape index (κ3) is 6.46. The molecule has 0 aliphatic carbocycles. The summed E-state index contributed by atoms with van der Waals surface area (Å²) in [6, 6.07) is 0. The quantitative estimate of drug-likeness (QED) is 0.519. The minimum atomic E-state index is -0.132. The summed E-state index contributed by atoms with van der Waals surface area (Å²) < 4.78 is 5.52. The van der Waals surface area contributed by atoms with Gasteiger partial charge in [-0.05, 0) is 38.8 Å². The normalized spacial score (nSPS) is 25.9. The predicted molar refractivity (Wildman–Crippen MR) is 68.6 cm³/mol. The lowest BCUT2D eigenvalue weighted by atomic mass is 10.0. The topological polar surface area (TPSA) is 26.3 Å². The first kappa shape index (κ1) is 15.0. The van der Waals surface area contributed by atoms with E-state index in [9.17, 15) is 4.79 Å². The van der Waals surface area contributed by atoms with Gasteiger partial charge < -0.3 is 4.74 Å². The van der Waals surface area contributed by atoms with Crippen molar-refractivity contribution in [2.45, 2.75) is 32.3 Å². The number of hydrogen-bond donors (Lipinski definition) is 0. The van der Waals surface area contributed by atoms with Gasteiger partial charge in [-0.3, -0.25) is 4.79 Å². The van der Waals surface area contributed by atoms with Crippen LogP contribution in [0, 0.1) is 0 Å². The molecular formula is C13H19ClO2. The lowest BCUT2D eigenvalue weighted by Gasteiger charge is -2.23. The predicted octanol–water partition coefficient (Wildman–Crippen LogP) is 3.63. The summed E-state index contributed by atoms with van der Waals surface area (Å²) in [5.74, 6) is 0. The zero-order valence-corrected chi connectivity index (χ0v) is 10.8. The molecule has 1 aliphatic heterocycles. The molecule has 1 aliphatic rings. The fourth-order valence-corrected chi connectivity index (χ4v) is 1.22. The molecule has 0 saturated carbocycles. The van der Waals surface area contributed by atoms with Gasteiger partial charge in [0.05, 0.1) is 6.26 Å². The summed E-state index contributed by atoms with van der Waals surface area (Å²) in [7, 11) is 0. The van der Waals surface area contributed by atoms with E-state index in [0.717, 1.165) is 19.1 Å². The van der Waals surface area contributed by atoms with Crippen molar-refractivity contribution in [1.29, 1.82) is 0 Å². The SMILES string of the molecule is CC1(C)CC/C=C/C(C=O)=C\C=C\O1.CCl. The van der Waals surface area contributed by atoms with E-state index < -0.39 is 0 Å². The third-order valence-corrected chi connectivity index (χ3v) is 2.11. The Balaban J connectivity index is 0.00000106. The number of hydrogen-bond acceptors (Lipinski definition) is 2. The van der Waals surface area contributed by atoms with Crippen LogP contribution in [0.25, 0.3) is 0 Å². The molecule has 3 heteroatoms. The van der Waals surface area contributed by atoms with E-state index >= 15 is 0 Å². The standard InChI is InChI=1S/C12H16O2.CH3Cl/c1-12(2)8-4-3-6-11(10-13)7-5-9-14-12;1-2/h3,5-7,9-10H,4,8H2,1-2H3;1H3/b6-3+,9-5+,11-7+;. The Morgan fingerprint density at radius 1 is 1.44 bits per heavy atom. The van der Waals surface area contributed by atoms with Gasteiger partial charge in [-0.15, -0.1) is 11.6 Å². The van der Waals surface area contributed by atoms with Gasteiger partial charge in [0.2, 0.25) is 0 Å². The summed E-state index contributed by atoms with van der Waals surface area (Å²) in [4.78, 5) is 10.6. The number of halogens is 1. The Labute approximate surface area is 103 Å². The van der Waals surface area contributed by atoms with Crippen LogP contribution in [-0.4, -0.2) is 18.3 Å². The molecule has 0 aromatic heterocycles. The van der Waals surface area contributed by atoms with Crippen molar-refractivity contribution in [3.8, 4) is 0 Å². The number of ether oxygens (including phenoxy) is 1. The molecular weight excluding hydrogens is 224 g/mol. The van der Waals surface area contributed by atoms with Crippen molar-refractivity contribution < 1.29 is 9.53 Å². The van der Waals surface area contributed by atoms with Crippen molar-refractivity contribution in [3.05, 3.63) is 36.1 Å². The fourth-order valence-electron chi connectivity index (χ4n) is 1.22. The lowest BCUT2D eigenvalue weighted by Crippen LogP contribution is -2.21. The molecule has 90 valence electrons. The number of carbonyl (C=O) groups is 1. The van der Waals surface area contributed by atoms with Crippen LogP contribution in [0.15, 0.2) is 36.1 Å². The number of carbonyl (C=O) groups excluding carboxylic acids is 1. The average molecular weight is 243 g/mol. The molecule has 0 amide bonds. The summed E-state index contributed by atoms with van der Waals surface area (Å²) >= 11 is 4.64. The number of allylic oxidation sites excluding steroid dienone is 5. The smallest absolute Gasteiger partial charge is 0.150 e. The van der Waals surface area contributed by atoms with Crippen molar-refractivity contribution in [2.75, 3.05) is 6.38 Å². The van der Waals surface area contributed by atoms with Crippen LogP contribution in [0.5, 0.6) is 0 Å². The second-order valence-electron chi connectivity index (χ2n) is 3.93. The highest BCUT2D eigenvalue weighted by Crippen LogP contribution is 2.18. The zero-order chi connectivity index (χ0) is 12.4. The highest BCUT2D eigenvalue weighted by molar-refractivity contribution is 6.15. The van der Waals surface area contributed by atoms with Gasteiger partial charge in [0.15, 0.2) is 0 Å². The minimum absolute atomic E-state index is 0.132. The molecule has 16 heavy (non-hydrogen) atoms. The number of aldehydes is 1. The molecule has 1 rings (SSSR count). The van der Waals surface area contributed by atoms with Gasteiger partial charge in [-0.1, -0.05) is 12.2 Å². The first-order chi connectivity index (χ1) is 7.64. The molecule has 0 unspecified atom stereocenters. The van der Waals surface area contributed by atoms with Crippen molar-refractivity contribution in [3.63, 3.8) is 0 Å². The minimum Gasteiger partial charge on any atom is -0.495 e. The van der Waals surface area contributed by atoms with E-state index in [-0.39, 0.29) is 5.60 Å². The first-order valence-corrected chi connectivity index (χ1v) is 5.94. The molecule has 1 heterocycles. The summed E-state index contributed by atoms with van der Waals surface area (Å²) in [5.41, 5.74) is 0.539. The van der Waals surface area contributed by atoms with E-state index in [4.69, 9.17) is 4.74 Å². The Hall–Kier alpha value is -1.02. The van der Waals surface area contributed by atoms with Crippen LogP contribution in [-0.2, 0) is 9.53 Å². The van der Waals surface area contributed by atoms with Crippen LogP contribution in [0.3, 0.4) is 0 Å². The van der Waals surface area contributed by atoms with E-state index in [1.54, 1.807) is 18.4 Å². The highest BCUT2D eigenvalue weighted by atomic mass is 35.5. The monoisotopic (exact) mass is 242 g/mol. The van der Waals surface area contributed by atoms with Crippen molar-refractivity contribution >= 4 is 17.9 Å². The van der Waals surface area contributed by atoms with Crippen LogP contribution >= 0.6 is 11.6 Å². The van der Waals surface area contributed by atoms with Crippen LogP contribution in [0.4, 0.5) is 0 Å². The van der Waals surface area contributed by atoms with E-state index in [1.807, 2.05) is 12.2 Å². The summed E-state index contributed by atoms with van der Waals surface area (Å²) in [5, 5.41) is 0. The van der Waals surface area contributed by atoms with Gasteiger partial charge in [-0.2, -0.15) is 0 Å². The highest BCUT2D eigenvalue weighted by Gasteiger charge is 2.16. The molecule has 0 aromatic rings. The second-order valence-corrected chi connectivity index (χ2v) is 3.93. The van der Waals surface area contributed by atoms with Crippen molar-refractivity contribution in [1.82, 2.24) is 0 Å². The lowest BCUT2D eigenvalue weighted by molar-refractivity contribution is -0.104. The summed E-state index contributed by atoms with van der Waals surface area (Å²) in [6.45, 7) is 4.11. The molecule has 0 radical (unpaired) electrons. The van der Waals surface area contributed by atoms with E-state index in [0.29, 0.717) is 5.57 Å². The van der Waals surface area contributed by atoms with Gasteiger partial charge in [-0.25, -0.2) is 0 Å². The maximum Gasteiger partial charge on any atom is 0.150 e. The Bertz CT molecular complexity index is 288. The largest absolute Gasteiger partial charge is 0.495 e. The molecule has 0 saturated heterocycles. The molecule has 0 atom stereocenters. The zero-order valence-electron chi connectivity index (χ0n) is 10.1. The van der Waals surface area contributed by atoms with Crippen molar-refractivity contribution in [2.24, 2.45) is 0 Å². The molecule has 0 spiro atoms. The van der Waals surface area contributed by atoms with Crippen LogP contribution in [0.2, 0.25) is 0 Å². The Morgan fingerprint density at radius 3 is 2.75 bits per heavy atom. The van der Waals surface area contributed by atoms with E-state index in [1.165, 1.54) is 6.38 Å². The number of alkyl halides is 1. The van der Waals surface area contributed by atoms with Gasteiger partial charge in [0, 0.05) is 12.0 Å². The molecule has 0 fully saturated rings. The van der Waals surface area contributed by atoms with E-state index in [2.05, 4.69) is 25.4 Å². The molecule has 0 N–H and O–H groups in total. The first-order valence-electron chi connectivity index (χ1n) is 5.18. The number of rotatable bonds is 1. The Morgan fingerprint density at radius 2 is 2.12 bits per heavy atom. The van der Waals surface area contributed by atoms with Crippen LogP contribution < -0.4 is 0 Å². The van der Waals surface area contributed by atoms with Gasteiger partial charge >= 0.3 is 0 Å². The second kappa shape index (κ2) is 8.17. The summed E-state index contributed by atoms with van der Waals surface area (Å²) in [6.07, 6.45) is 13.2. The molecule has 0 bridgehead atoms. The Kier molecular flexibility index (Phi) is 7.65. The van der Waals surface area contributed by atoms with Gasteiger partial charge in [0.1, 0.15) is 11.9 Å². The molecule has 2 nitrogen and oxygen atoms in total. The maximum atomic E-state index is 10.6. The fraction of sp³-hybridized carbons (Fsp3) is 0.462. The third-order valence-electron chi connectivity index (χ3n) is 2.11. The van der Waals surface area contributed by atoms with Gasteiger partial charge in [0.25, 0.3) is 0 Å². The molecule has 0 aromatic carbocycles. The average Bonchev–Trinajstić information content (AvgIpc) is 2.29. The van der Waals surface area contributed by atoms with Crippen LogP contribution in [0.1, 0.15) is 26.7 Å². The maximum absolute atomic E-state index is 10.6.